The predicted octanol–water partition coefficient (Wildman–Crippen LogP) is 6.91. The van der Waals surface area contributed by atoms with Crippen molar-refractivity contribution in [3.63, 3.8) is 0 Å². The quantitative estimate of drug-likeness (QED) is 0.0807. The van der Waals surface area contributed by atoms with Gasteiger partial charge in [-0.15, -0.1) is 0 Å². The lowest BCUT2D eigenvalue weighted by Gasteiger charge is -2.24. The highest BCUT2D eigenvalue weighted by Gasteiger charge is 2.48. The molecule has 1 aliphatic rings. The van der Waals surface area contributed by atoms with Crippen LogP contribution >= 0.6 is 11.3 Å². The van der Waals surface area contributed by atoms with E-state index in [1.165, 1.54) is 30.5 Å². The third-order valence-electron chi connectivity index (χ3n) is 7.16. The van der Waals surface area contributed by atoms with Gasteiger partial charge in [-0.3, -0.25) is 14.5 Å². The van der Waals surface area contributed by atoms with E-state index < -0.39 is 17.7 Å². The number of ketones is 1. The molecule has 1 N–H and O–H groups in total. The molecule has 1 aromatic heterocycles. The molecule has 5 rings (SSSR count). The fourth-order valence-electron chi connectivity index (χ4n) is 5.03. The Hall–Kier alpha value is -4.57. The number of fused-ring (bicyclic) bond motifs is 1. The number of hydrogen-bond acceptors (Lipinski definition) is 9. The number of thiazole rings is 1. The normalized spacial score (nSPS) is 16.1. The molecule has 4 aromatic rings. The van der Waals surface area contributed by atoms with Gasteiger partial charge >= 0.3 is 5.91 Å². The van der Waals surface area contributed by atoms with Crippen molar-refractivity contribution in [3.05, 3.63) is 77.4 Å². The number of benzene rings is 3. The van der Waals surface area contributed by atoms with E-state index in [2.05, 4.69) is 6.92 Å². The number of carbonyl (C=O) groups excluding carboxylic acids is 2. The number of hydrogen-bond donors (Lipinski definition) is 1. The van der Waals surface area contributed by atoms with Crippen molar-refractivity contribution in [1.29, 1.82) is 0 Å². The molecule has 0 spiro atoms. The average molecular weight is 603 g/mol. The lowest BCUT2D eigenvalue weighted by atomic mass is 9.95. The molecular formula is C33H34N2O7S. The second-order valence-electron chi connectivity index (χ2n) is 9.93. The number of nitrogens with zero attached hydrogens (tertiary/aromatic N) is 2. The van der Waals surface area contributed by atoms with Gasteiger partial charge < -0.3 is 24.1 Å². The van der Waals surface area contributed by atoms with Crippen molar-refractivity contribution < 1.29 is 33.6 Å². The zero-order valence-corrected chi connectivity index (χ0v) is 25.4. The van der Waals surface area contributed by atoms with Crippen LogP contribution in [0.4, 0.5) is 5.13 Å². The Morgan fingerprint density at radius 1 is 0.930 bits per heavy atom. The highest BCUT2D eigenvalue weighted by Crippen LogP contribution is 2.46. The molecule has 2 heterocycles. The third-order valence-corrected chi connectivity index (χ3v) is 8.18. The Balaban J connectivity index is 1.65. The van der Waals surface area contributed by atoms with Crippen LogP contribution in [0.3, 0.4) is 0 Å². The number of aromatic nitrogens is 1. The van der Waals surface area contributed by atoms with E-state index in [0.29, 0.717) is 58.0 Å². The van der Waals surface area contributed by atoms with Crippen LogP contribution < -0.4 is 23.8 Å². The number of amides is 1. The van der Waals surface area contributed by atoms with Gasteiger partial charge in [-0.25, -0.2) is 4.98 Å². The smallest absolute Gasteiger partial charge is 0.301 e. The molecule has 1 unspecified atom stereocenters. The van der Waals surface area contributed by atoms with Crippen LogP contribution in [0, 0.1) is 0 Å². The van der Waals surface area contributed by atoms with E-state index in [1.54, 1.807) is 42.5 Å². The summed E-state index contributed by atoms with van der Waals surface area (Å²) in [6.45, 7) is 5.07. The predicted molar refractivity (Wildman–Crippen MR) is 167 cm³/mol. The minimum absolute atomic E-state index is 0.0637. The number of carbonyl (C=O) groups is 2. The Bertz CT molecular complexity index is 1680. The number of unbranched alkanes of at least 4 members (excludes halogenated alkanes) is 2. The number of aliphatic hydroxyl groups is 1. The fraction of sp³-hybridized carbons (Fsp3) is 0.303. The summed E-state index contributed by atoms with van der Waals surface area (Å²) < 4.78 is 23.4. The third kappa shape index (κ3) is 6.01. The van der Waals surface area contributed by atoms with E-state index in [0.717, 1.165) is 24.0 Å². The van der Waals surface area contributed by atoms with Crippen molar-refractivity contribution in [1.82, 2.24) is 4.98 Å². The first-order valence-electron chi connectivity index (χ1n) is 14.2. The van der Waals surface area contributed by atoms with Gasteiger partial charge in [0.05, 0.1) is 49.3 Å². The summed E-state index contributed by atoms with van der Waals surface area (Å²) in [6, 6.07) is 16.5. The lowest BCUT2D eigenvalue weighted by Crippen LogP contribution is -2.29. The van der Waals surface area contributed by atoms with Gasteiger partial charge in [-0.05, 0) is 61.4 Å². The van der Waals surface area contributed by atoms with Crippen LogP contribution in [0.1, 0.15) is 50.3 Å². The minimum Gasteiger partial charge on any atom is -0.507 e. The maximum atomic E-state index is 13.7. The molecule has 1 saturated heterocycles. The van der Waals surface area contributed by atoms with E-state index in [-0.39, 0.29) is 11.3 Å². The molecule has 10 heteroatoms. The van der Waals surface area contributed by atoms with E-state index >= 15 is 0 Å². The first-order valence-corrected chi connectivity index (χ1v) is 15.0. The standard InChI is InChI=1S/C33H34N2O7S/c1-5-7-8-16-42-25-15-12-20(18-26(25)40-4)29-28(30(36)21-10-9-11-22(17-21)39-3)31(37)32(38)35(29)33-34-24-14-13-23(41-6-2)19-27(24)43-33/h9-15,17-19,29,36H,5-8,16H2,1-4H3/b30-28+. The van der Waals surface area contributed by atoms with Crippen LogP contribution in [0.15, 0.2) is 66.2 Å². The summed E-state index contributed by atoms with van der Waals surface area (Å²) in [5.74, 6) is 0.250. The molecule has 0 saturated carbocycles. The van der Waals surface area contributed by atoms with Crippen LogP contribution in [-0.2, 0) is 9.59 Å². The molecule has 0 bridgehead atoms. The Labute approximate surface area is 254 Å². The number of ether oxygens (including phenoxy) is 4. The first-order chi connectivity index (χ1) is 20.9. The number of rotatable bonds is 12. The Morgan fingerprint density at radius 3 is 2.51 bits per heavy atom. The summed E-state index contributed by atoms with van der Waals surface area (Å²) in [6.07, 6.45) is 3.03. The SMILES string of the molecule is CCCCCOc1ccc(C2/C(=C(\O)c3cccc(OC)c3)C(=O)C(=O)N2c2nc3ccc(OCC)cc3s2)cc1OC. The molecule has 9 nitrogen and oxygen atoms in total. The van der Waals surface area contributed by atoms with Gasteiger partial charge in [-0.2, -0.15) is 0 Å². The molecule has 0 aliphatic carbocycles. The van der Waals surface area contributed by atoms with Gasteiger partial charge in [0, 0.05) is 5.56 Å². The van der Waals surface area contributed by atoms with E-state index in [1.807, 2.05) is 25.1 Å². The molecule has 1 amide bonds. The lowest BCUT2D eigenvalue weighted by molar-refractivity contribution is -0.132. The van der Waals surface area contributed by atoms with Crippen molar-refractivity contribution in [2.75, 3.05) is 32.3 Å². The van der Waals surface area contributed by atoms with Crippen molar-refractivity contribution >= 4 is 44.1 Å². The zero-order chi connectivity index (χ0) is 30.5. The van der Waals surface area contributed by atoms with E-state index in [9.17, 15) is 14.7 Å². The van der Waals surface area contributed by atoms with Crippen LogP contribution in [-0.4, -0.2) is 49.2 Å². The van der Waals surface area contributed by atoms with Gasteiger partial charge in [0.25, 0.3) is 5.78 Å². The topological polar surface area (TPSA) is 107 Å². The van der Waals surface area contributed by atoms with Gasteiger partial charge in [0.2, 0.25) is 0 Å². The summed E-state index contributed by atoms with van der Waals surface area (Å²) in [5, 5.41) is 11.9. The molecule has 1 fully saturated rings. The summed E-state index contributed by atoms with van der Waals surface area (Å²) in [5.41, 5.74) is 1.49. The summed E-state index contributed by atoms with van der Waals surface area (Å²) in [4.78, 5) is 33.5. The maximum Gasteiger partial charge on any atom is 0.301 e. The average Bonchev–Trinajstić information content (AvgIpc) is 3.56. The first kappa shape index (κ1) is 29.9. The molecule has 1 aliphatic heterocycles. The highest BCUT2D eigenvalue weighted by atomic mass is 32.1. The summed E-state index contributed by atoms with van der Waals surface area (Å²) in [7, 11) is 3.05. The van der Waals surface area contributed by atoms with Crippen molar-refractivity contribution in [3.8, 4) is 23.0 Å². The largest absolute Gasteiger partial charge is 0.507 e. The van der Waals surface area contributed by atoms with Gasteiger partial charge in [0.1, 0.15) is 17.3 Å². The number of anilines is 1. The number of methoxy groups -OCH3 is 2. The molecular weight excluding hydrogens is 568 g/mol. The maximum absolute atomic E-state index is 13.7. The summed E-state index contributed by atoms with van der Waals surface area (Å²) >= 11 is 1.26. The van der Waals surface area contributed by atoms with Gasteiger partial charge in [-0.1, -0.05) is 49.3 Å². The van der Waals surface area contributed by atoms with Gasteiger partial charge in [0.15, 0.2) is 16.6 Å². The number of aliphatic hydroxyl groups excluding tert-OH is 1. The van der Waals surface area contributed by atoms with Crippen molar-refractivity contribution in [2.24, 2.45) is 0 Å². The second-order valence-corrected chi connectivity index (χ2v) is 10.9. The van der Waals surface area contributed by atoms with Crippen LogP contribution in [0.5, 0.6) is 23.0 Å². The molecule has 43 heavy (non-hydrogen) atoms. The highest BCUT2D eigenvalue weighted by molar-refractivity contribution is 7.22. The molecule has 0 radical (unpaired) electrons. The van der Waals surface area contributed by atoms with Crippen LogP contribution in [0.25, 0.3) is 16.0 Å². The number of Topliss-reactive ketones (excluding diaryl/α,β-unsaturated/α-hetero) is 1. The van der Waals surface area contributed by atoms with Crippen molar-refractivity contribution in [2.45, 2.75) is 39.2 Å². The van der Waals surface area contributed by atoms with Crippen LogP contribution in [0.2, 0.25) is 0 Å². The van der Waals surface area contributed by atoms with E-state index in [4.69, 9.17) is 23.9 Å². The zero-order valence-electron chi connectivity index (χ0n) is 24.6. The Morgan fingerprint density at radius 2 is 1.77 bits per heavy atom. The fourth-order valence-corrected chi connectivity index (χ4v) is 6.05. The second kappa shape index (κ2) is 13.2. The molecule has 3 aromatic carbocycles. The monoisotopic (exact) mass is 602 g/mol. The molecule has 1 atom stereocenters. The Kier molecular flexibility index (Phi) is 9.16. The minimum atomic E-state index is -0.985. The molecule has 224 valence electrons.